The Bertz CT molecular complexity index is 554. The van der Waals surface area contributed by atoms with Gasteiger partial charge in [0.25, 0.3) is 0 Å². The fraction of sp³-hybridized carbons (Fsp3) is 0.706. The first-order chi connectivity index (χ1) is 10.8. The van der Waals surface area contributed by atoms with Gasteiger partial charge in [0, 0.05) is 19.3 Å². The van der Waals surface area contributed by atoms with Gasteiger partial charge >= 0.3 is 6.09 Å². The number of fused-ring (bicyclic) bond motifs is 1. The SMILES string of the molecule is CC1CCC(C)c2nc(NCCNC(=O)OC(C)(C)C)ncc21. The van der Waals surface area contributed by atoms with Gasteiger partial charge in [0.1, 0.15) is 5.60 Å². The second-order valence-electron chi connectivity index (χ2n) is 7.27. The third kappa shape index (κ3) is 5.08. The highest BCUT2D eigenvalue weighted by Gasteiger charge is 2.24. The molecular formula is C17H28N4O2. The fourth-order valence-corrected chi connectivity index (χ4v) is 2.71. The van der Waals surface area contributed by atoms with Crippen LogP contribution in [0, 0.1) is 0 Å². The van der Waals surface area contributed by atoms with Crippen molar-refractivity contribution in [3.63, 3.8) is 0 Å². The van der Waals surface area contributed by atoms with Gasteiger partial charge in [0.15, 0.2) is 0 Å². The normalized spacial score (nSPS) is 20.6. The molecule has 1 aliphatic carbocycles. The van der Waals surface area contributed by atoms with Crippen LogP contribution in [0.3, 0.4) is 0 Å². The first-order valence-corrected chi connectivity index (χ1v) is 8.34. The van der Waals surface area contributed by atoms with Gasteiger partial charge in [0.05, 0.1) is 5.69 Å². The number of hydrogen-bond acceptors (Lipinski definition) is 5. The Morgan fingerprint density at radius 3 is 2.65 bits per heavy atom. The maximum Gasteiger partial charge on any atom is 0.407 e. The van der Waals surface area contributed by atoms with Crippen molar-refractivity contribution in [2.75, 3.05) is 18.4 Å². The first-order valence-electron chi connectivity index (χ1n) is 8.34. The molecule has 1 amide bonds. The predicted octanol–water partition coefficient (Wildman–Crippen LogP) is 3.41. The van der Waals surface area contributed by atoms with Gasteiger partial charge in [-0.2, -0.15) is 0 Å². The van der Waals surface area contributed by atoms with E-state index in [4.69, 9.17) is 4.74 Å². The highest BCUT2D eigenvalue weighted by atomic mass is 16.6. The molecule has 1 heterocycles. The third-order valence-corrected chi connectivity index (χ3v) is 3.95. The number of anilines is 1. The maximum absolute atomic E-state index is 11.5. The zero-order chi connectivity index (χ0) is 17.0. The van der Waals surface area contributed by atoms with E-state index < -0.39 is 11.7 Å². The zero-order valence-corrected chi connectivity index (χ0v) is 14.8. The van der Waals surface area contributed by atoms with Crippen LogP contribution in [-0.2, 0) is 4.74 Å². The number of carbonyl (C=O) groups excluding carboxylic acids is 1. The van der Waals surface area contributed by atoms with E-state index in [1.807, 2.05) is 27.0 Å². The number of amides is 1. The number of hydrogen-bond donors (Lipinski definition) is 2. The van der Waals surface area contributed by atoms with Crippen molar-refractivity contribution in [3.8, 4) is 0 Å². The largest absolute Gasteiger partial charge is 0.444 e. The third-order valence-electron chi connectivity index (χ3n) is 3.95. The van der Waals surface area contributed by atoms with Crippen LogP contribution in [0.2, 0.25) is 0 Å². The van der Waals surface area contributed by atoms with Crippen LogP contribution in [0.4, 0.5) is 10.7 Å². The molecular weight excluding hydrogens is 292 g/mol. The summed E-state index contributed by atoms with van der Waals surface area (Å²) in [5, 5.41) is 5.86. The molecule has 0 radical (unpaired) electrons. The first kappa shape index (κ1) is 17.5. The molecule has 0 saturated carbocycles. The van der Waals surface area contributed by atoms with E-state index in [2.05, 4.69) is 34.4 Å². The molecule has 128 valence electrons. The number of alkyl carbamates (subject to hydrolysis) is 1. The molecule has 0 aromatic carbocycles. The molecule has 2 N–H and O–H groups in total. The summed E-state index contributed by atoms with van der Waals surface area (Å²) in [7, 11) is 0. The van der Waals surface area contributed by atoms with Crippen LogP contribution in [-0.4, -0.2) is 34.8 Å². The molecule has 0 bridgehead atoms. The molecule has 6 nitrogen and oxygen atoms in total. The Kier molecular flexibility index (Phi) is 5.44. The van der Waals surface area contributed by atoms with Gasteiger partial charge in [-0.25, -0.2) is 14.8 Å². The Morgan fingerprint density at radius 1 is 1.26 bits per heavy atom. The second kappa shape index (κ2) is 7.15. The summed E-state index contributed by atoms with van der Waals surface area (Å²) in [5.74, 6) is 1.63. The van der Waals surface area contributed by atoms with Gasteiger partial charge in [-0.05, 0) is 51.0 Å². The lowest BCUT2D eigenvalue weighted by atomic mass is 9.82. The summed E-state index contributed by atoms with van der Waals surface area (Å²) in [6.07, 6.45) is 3.90. The van der Waals surface area contributed by atoms with Crippen molar-refractivity contribution in [1.82, 2.24) is 15.3 Å². The number of aromatic nitrogens is 2. The van der Waals surface area contributed by atoms with Crippen LogP contribution in [0.15, 0.2) is 6.20 Å². The molecule has 1 aliphatic rings. The van der Waals surface area contributed by atoms with Crippen LogP contribution < -0.4 is 10.6 Å². The highest BCUT2D eigenvalue weighted by Crippen LogP contribution is 2.36. The number of nitrogens with one attached hydrogen (secondary N) is 2. The lowest BCUT2D eigenvalue weighted by molar-refractivity contribution is 0.0530. The van der Waals surface area contributed by atoms with E-state index in [9.17, 15) is 4.79 Å². The van der Waals surface area contributed by atoms with E-state index in [1.165, 1.54) is 18.4 Å². The second-order valence-corrected chi connectivity index (χ2v) is 7.27. The van der Waals surface area contributed by atoms with E-state index >= 15 is 0 Å². The van der Waals surface area contributed by atoms with Gasteiger partial charge in [-0.1, -0.05) is 13.8 Å². The molecule has 0 spiro atoms. The Hall–Kier alpha value is -1.85. The van der Waals surface area contributed by atoms with E-state index in [1.54, 1.807) is 0 Å². The monoisotopic (exact) mass is 320 g/mol. The summed E-state index contributed by atoms with van der Waals surface area (Å²) in [4.78, 5) is 20.6. The molecule has 23 heavy (non-hydrogen) atoms. The summed E-state index contributed by atoms with van der Waals surface area (Å²) in [6, 6.07) is 0. The summed E-state index contributed by atoms with van der Waals surface area (Å²) >= 11 is 0. The Labute approximate surface area is 138 Å². The minimum Gasteiger partial charge on any atom is -0.444 e. The van der Waals surface area contributed by atoms with Crippen molar-refractivity contribution in [2.45, 2.75) is 64.9 Å². The molecule has 2 atom stereocenters. The summed E-state index contributed by atoms with van der Waals surface area (Å²) in [6.45, 7) is 11.0. The van der Waals surface area contributed by atoms with E-state index in [0.717, 1.165) is 5.69 Å². The van der Waals surface area contributed by atoms with Crippen LogP contribution >= 0.6 is 0 Å². The highest BCUT2D eigenvalue weighted by molar-refractivity contribution is 5.67. The van der Waals surface area contributed by atoms with E-state index in [0.29, 0.717) is 30.9 Å². The molecule has 2 rings (SSSR count). The molecule has 0 aliphatic heterocycles. The molecule has 2 unspecified atom stereocenters. The van der Waals surface area contributed by atoms with Crippen molar-refractivity contribution in [3.05, 3.63) is 17.5 Å². The fourth-order valence-electron chi connectivity index (χ4n) is 2.71. The van der Waals surface area contributed by atoms with Crippen molar-refractivity contribution in [2.24, 2.45) is 0 Å². The minimum absolute atomic E-state index is 0.409. The Morgan fingerprint density at radius 2 is 1.96 bits per heavy atom. The van der Waals surface area contributed by atoms with E-state index in [-0.39, 0.29) is 0 Å². The standard InChI is InChI=1S/C17H28N4O2/c1-11-6-7-12(2)14-13(11)10-20-15(21-14)18-8-9-19-16(22)23-17(3,4)5/h10-12H,6-9H2,1-5H3,(H,19,22)(H,18,20,21). The number of ether oxygens (including phenoxy) is 1. The lowest BCUT2D eigenvalue weighted by Crippen LogP contribution is -2.35. The number of rotatable bonds is 4. The zero-order valence-electron chi connectivity index (χ0n) is 14.8. The maximum atomic E-state index is 11.5. The number of carbonyl (C=O) groups is 1. The minimum atomic E-state index is -0.480. The molecule has 1 aromatic heterocycles. The van der Waals surface area contributed by atoms with Crippen molar-refractivity contribution >= 4 is 12.0 Å². The molecule has 0 saturated heterocycles. The predicted molar refractivity (Wildman–Crippen MR) is 90.8 cm³/mol. The quantitative estimate of drug-likeness (QED) is 0.831. The molecule has 0 fully saturated rings. The van der Waals surface area contributed by atoms with Gasteiger partial charge in [-0.3, -0.25) is 0 Å². The Balaban J connectivity index is 1.83. The van der Waals surface area contributed by atoms with Gasteiger partial charge in [-0.15, -0.1) is 0 Å². The van der Waals surface area contributed by atoms with Gasteiger partial charge in [0.2, 0.25) is 5.95 Å². The smallest absolute Gasteiger partial charge is 0.407 e. The lowest BCUT2D eigenvalue weighted by Gasteiger charge is -2.26. The van der Waals surface area contributed by atoms with Crippen molar-refractivity contribution < 1.29 is 9.53 Å². The van der Waals surface area contributed by atoms with Crippen LogP contribution in [0.5, 0.6) is 0 Å². The molecule has 6 heteroatoms. The van der Waals surface area contributed by atoms with Gasteiger partial charge < -0.3 is 15.4 Å². The van der Waals surface area contributed by atoms with Crippen molar-refractivity contribution in [1.29, 1.82) is 0 Å². The average molecular weight is 320 g/mol. The number of nitrogens with zero attached hydrogens (tertiary/aromatic N) is 2. The van der Waals surface area contributed by atoms with Crippen LogP contribution in [0.1, 0.15) is 70.6 Å². The van der Waals surface area contributed by atoms with Crippen LogP contribution in [0.25, 0.3) is 0 Å². The molecule has 1 aromatic rings. The topological polar surface area (TPSA) is 76.1 Å². The average Bonchev–Trinajstić information content (AvgIpc) is 2.46. The summed E-state index contributed by atoms with van der Waals surface area (Å²) in [5.41, 5.74) is 1.94. The summed E-state index contributed by atoms with van der Waals surface area (Å²) < 4.78 is 5.18.